The molecule has 0 radical (unpaired) electrons. The third-order valence-electron chi connectivity index (χ3n) is 2.27. The normalized spacial score (nSPS) is 10.6. The summed E-state index contributed by atoms with van der Waals surface area (Å²) in [7, 11) is 3.71. The van der Waals surface area contributed by atoms with E-state index in [1.165, 1.54) is 5.56 Å². The van der Waals surface area contributed by atoms with Crippen LogP contribution in [0.3, 0.4) is 0 Å². The fourth-order valence-electron chi connectivity index (χ4n) is 1.58. The first kappa shape index (κ1) is 9.03. The topological polar surface area (TPSA) is 36.8 Å². The van der Waals surface area contributed by atoms with Crippen molar-refractivity contribution in [3.63, 3.8) is 0 Å². The zero-order chi connectivity index (χ0) is 9.97. The van der Waals surface area contributed by atoms with Gasteiger partial charge in [-0.3, -0.25) is 0 Å². The van der Waals surface area contributed by atoms with Crippen molar-refractivity contribution < 1.29 is 10.4 Å². The molecule has 0 unspecified atom stereocenters. The molecule has 0 aliphatic heterocycles. The van der Waals surface area contributed by atoms with Crippen molar-refractivity contribution in [3.05, 3.63) is 49.0 Å². The van der Waals surface area contributed by atoms with E-state index in [4.69, 9.17) is 0 Å². The fourth-order valence-corrected chi connectivity index (χ4v) is 1.58. The molecule has 2 nitrogen and oxygen atoms in total. The molecule has 0 aliphatic rings. The molecule has 0 heterocycles. The van der Waals surface area contributed by atoms with Gasteiger partial charge in [0.05, 0.1) is 6.54 Å². The van der Waals surface area contributed by atoms with Crippen LogP contribution in [0.25, 0.3) is 10.8 Å². The molecular weight excluding hydrogens is 174 g/mol. The summed E-state index contributed by atoms with van der Waals surface area (Å²) in [5.41, 5.74) is 1.25. The third kappa shape index (κ3) is 1.70. The molecule has 0 amide bonds. The van der Waals surface area contributed by atoms with Gasteiger partial charge in [-0.1, -0.05) is 18.2 Å². The molecule has 0 saturated carbocycles. The SMILES string of the molecule is [CH2-][NH2+]Cc1ccc2cc(O)ccc2c1. The van der Waals surface area contributed by atoms with Crippen molar-refractivity contribution in [2.24, 2.45) is 0 Å². The Hall–Kier alpha value is -1.54. The summed E-state index contributed by atoms with van der Waals surface area (Å²) in [4.78, 5) is 0. The van der Waals surface area contributed by atoms with Crippen molar-refractivity contribution >= 4 is 10.8 Å². The van der Waals surface area contributed by atoms with Crippen molar-refractivity contribution in [3.8, 4) is 5.75 Å². The number of aromatic hydroxyl groups is 1. The van der Waals surface area contributed by atoms with E-state index in [2.05, 4.69) is 19.2 Å². The summed E-state index contributed by atoms with van der Waals surface area (Å²) >= 11 is 0. The molecule has 2 rings (SSSR count). The summed E-state index contributed by atoms with van der Waals surface area (Å²) in [5, 5.41) is 13.4. The average Bonchev–Trinajstić information content (AvgIpc) is 2.19. The summed E-state index contributed by atoms with van der Waals surface area (Å²) in [5.74, 6) is 0.314. The Morgan fingerprint density at radius 1 is 1.07 bits per heavy atom. The summed E-state index contributed by atoms with van der Waals surface area (Å²) in [6.07, 6.45) is 0. The Kier molecular flexibility index (Phi) is 2.37. The van der Waals surface area contributed by atoms with Crippen LogP contribution in [0.1, 0.15) is 5.56 Å². The molecular formula is C12H13NO. The molecule has 0 aromatic heterocycles. The van der Waals surface area contributed by atoms with Crippen LogP contribution in [0.4, 0.5) is 0 Å². The van der Waals surface area contributed by atoms with Gasteiger partial charge in [0.25, 0.3) is 0 Å². The van der Waals surface area contributed by atoms with Crippen LogP contribution in [0, 0.1) is 7.05 Å². The van der Waals surface area contributed by atoms with Crippen molar-refractivity contribution in [1.29, 1.82) is 0 Å². The van der Waals surface area contributed by atoms with E-state index in [1.807, 2.05) is 17.4 Å². The molecule has 0 atom stereocenters. The third-order valence-corrected chi connectivity index (χ3v) is 2.27. The van der Waals surface area contributed by atoms with Crippen molar-refractivity contribution in [2.75, 3.05) is 0 Å². The molecule has 0 bridgehead atoms. The summed E-state index contributed by atoms with van der Waals surface area (Å²) in [6, 6.07) is 11.6. The first-order chi connectivity index (χ1) is 6.79. The molecule has 0 saturated heterocycles. The van der Waals surface area contributed by atoms with E-state index in [-0.39, 0.29) is 0 Å². The van der Waals surface area contributed by atoms with Gasteiger partial charge in [-0.15, -0.1) is 0 Å². The van der Waals surface area contributed by atoms with Crippen LogP contribution in [-0.2, 0) is 6.54 Å². The van der Waals surface area contributed by atoms with E-state index >= 15 is 0 Å². The number of phenols is 1. The Morgan fingerprint density at radius 3 is 2.57 bits per heavy atom. The van der Waals surface area contributed by atoms with Gasteiger partial charge in [0.15, 0.2) is 0 Å². The first-order valence-electron chi connectivity index (χ1n) is 4.62. The second-order valence-corrected chi connectivity index (χ2v) is 3.36. The molecule has 2 aromatic rings. The number of hydrogen-bond acceptors (Lipinski definition) is 1. The summed E-state index contributed by atoms with van der Waals surface area (Å²) in [6.45, 7) is 0.886. The van der Waals surface area contributed by atoms with Gasteiger partial charge in [0.1, 0.15) is 5.75 Å². The van der Waals surface area contributed by atoms with Gasteiger partial charge < -0.3 is 10.4 Å². The molecule has 72 valence electrons. The minimum absolute atomic E-state index is 0.314. The van der Waals surface area contributed by atoms with Gasteiger partial charge in [0.2, 0.25) is 0 Å². The second kappa shape index (κ2) is 3.68. The van der Waals surface area contributed by atoms with Crippen molar-refractivity contribution in [2.45, 2.75) is 6.54 Å². The molecule has 14 heavy (non-hydrogen) atoms. The maximum atomic E-state index is 9.29. The van der Waals surface area contributed by atoms with Crippen molar-refractivity contribution in [1.82, 2.24) is 0 Å². The lowest BCUT2D eigenvalue weighted by atomic mass is 10.1. The van der Waals surface area contributed by atoms with Crippen LogP contribution in [0.5, 0.6) is 5.75 Å². The Bertz CT molecular complexity index is 451. The Morgan fingerprint density at radius 2 is 1.79 bits per heavy atom. The minimum atomic E-state index is 0.314. The number of fused-ring (bicyclic) bond motifs is 1. The van der Waals surface area contributed by atoms with Crippen LogP contribution >= 0.6 is 0 Å². The second-order valence-electron chi connectivity index (χ2n) is 3.36. The lowest BCUT2D eigenvalue weighted by Gasteiger charge is -2.03. The monoisotopic (exact) mass is 187 g/mol. The van der Waals surface area contributed by atoms with Gasteiger partial charge in [-0.25, -0.2) is 0 Å². The van der Waals surface area contributed by atoms with E-state index in [1.54, 1.807) is 12.1 Å². The highest BCUT2D eigenvalue weighted by molar-refractivity contribution is 5.84. The maximum Gasteiger partial charge on any atom is 0.116 e. The average molecular weight is 187 g/mol. The predicted octanol–water partition coefficient (Wildman–Crippen LogP) is 1.40. The van der Waals surface area contributed by atoms with Crippen LogP contribution < -0.4 is 5.32 Å². The van der Waals surface area contributed by atoms with Gasteiger partial charge in [0, 0.05) is 5.56 Å². The highest BCUT2D eigenvalue weighted by atomic mass is 16.3. The van der Waals surface area contributed by atoms with Gasteiger partial charge in [-0.2, -0.15) is 7.05 Å². The highest BCUT2D eigenvalue weighted by Gasteiger charge is 1.97. The van der Waals surface area contributed by atoms with E-state index in [0.29, 0.717) is 5.75 Å². The molecule has 0 aliphatic carbocycles. The number of benzene rings is 2. The highest BCUT2D eigenvalue weighted by Crippen LogP contribution is 2.20. The van der Waals surface area contributed by atoms with E-state index < -0.39 is 0 Å². The van der Waals surface area contributed by atoms with Crippen LogP contribution in [0.15, 0.2) is 36.4 Å². The first-order valence-corrected chi connectivity index (χ1v) is 4.62. The maximum absolute atomic E-state index is 9.29. The number of quaternary nitrogens is 1. The lowest BCUT2D eigenvalue weighted by Crippen LogP contribution is -2.74. The number of nitrogens with two attached hydrogens (primary N) is 1. The van der Waals surface area contributed by atoms with Crippen LogP contribution in [0.2, 0.25) is 0 Å². The molecule has 3 N–H and O–H groups in total. The number of hydrogen-bond donors (Lipinski definition) is 2. The zero-order valence-corrected chi connectivity index (χ0v) is 7.90. The number of rotatable bonds is 2. The number of phenolic OH excluding ortho intramolecular Hbond substituents is 1. The summed E-state index contributed by atoms with van der Waals surface area (Å²) < 4.78 is 0. The van der Waals surface area contributed by atoms with Gasteiger partial charge >= 0.3 is 0 Å². The lowest BCUT2D eigenvalue weighted by molar-refractivity contribution is -0.612. The molecule has 2 heteroatoms. The predicted molar refractivity (Wildman–Crippen MR) is 56.6 cm³/mol. The largest absolute Gasteiger partial charge is 0.508 e. The van der Waals surface area contributed by atoms with Gasteiger partial charge in [-0.05, 0) is 29.0 Å². The zero-order valence-electron chi connectivity index (χ0n) is 7.90. The molecule has 2 aromatic carbocycles. The van der Waals surface area contributed by atoms with Crippen LogP contribution in [-0.4, -0.2) is 5.11 Å². The van der Waals surface area contributed by atoms with E-state index in [9.17, 15) is 5.11 Å². The molecule has 0 spiro atoms. The Balaban J connectivity index is 2.50. The fraction of sp³-hybridized carbons (Fsp3) is 0.0833. The minimum Gasteiger partial charge on any atom is -0.508 e. The standard InChI is InChI=1S/C12H13NO/c1-13-8-9-2-3-11-7-12(14)5-4-10(11)6-9/h2-7,14H,1,8,13H2. The quantitative estimate of drug-likeness (QED) is 0.685. The Labute approximate surface area is 83.2 Å². The van der Waals surface area contributed by atoms with E-state index in [0.717, 1.165) is 17.3 Å². The molecule has 0 fully saturated rings. The smallest absolute Gasteiger partial charge is 0.116 e.